The van der Waals surface area contributed by atoms with Gasteiger partial charge in [-0.05, 0) is 32.0 Å². The van der Waals surface area contributed by atoms with Gasteiger partial charge < -0.3 is 5.32 Å². The maximum Gasteiger partial charge on any atom is 0.321 e. The van der Waals surface area contributed by atoms with Gasteiger partial charge >= 0.3 is 6.03 Å². The molecule has 0 aliphatic carbocycles. The van der Waals surface area contributed by atoms with E-state index in [9.17, 15) is 22.4 Å². The third-order valence-corrected chi connectivity index (χ3v) is 4.59. The monoisotopic (exact) mass is 302 g/mol. The fourth-order valence-electron chi connectivity index (χ4n) is 1.41. The lowest BCUT2D eigenvalue weighted by Gasteiger charge is -2.13. The molecule has 20 heavy (non-hydrogen) atoms. The first kappa shape index (κ1) is 16.1. The Balaban J connectivity index is 2.92. The molecule has 0 spiro atoms. The van der Waals surface area contributed by atoms with E-state index in [1.165, 1.54) is 12.1 Å². The van der Waals surface area contributed by atoms with Gasteiger partial charge in [0.25, 0.3) is 0 Å². The van der Waals surface area contributed by atoms with Crippen molar-refractivity contribution in [3.8, 4) is 0 Å². The Kier molecular flexibility index (Phi) is 5.20. The molecule has 6 nitrogen and oxygen atoms in total. The Morgan fingerprint density at radius 3 is 2.55 bits per heavy atom. The summed E-state index contributed by atoms with van der Waals surface area (Å²) in [6.07, 6.45) is 0. The normalized spacial score (nSPS) is 12.6. The van der Waals surface area contributed by atoms with E-state index in [4.69, 9.17) is 0 Å². The summed E-state index contributed by atoms with van der Waals surface area (Å²) in [6, 6.07) is 3.56. The summed E-state index contributed by atoms with van der Waals surface area (Å²) in [7, 11) is -4.05. The molecule has 0 aliphatic rings. The van der Waals surface area contributed by atoms with E-state index in [-0.39, 0.29) is 4.90 Å². The first-order valence-corrected chi connectivity index (χ1v) is 7.41. The van der Waals surface area contributed by atoms with Crippen molar-refractivity contribution >= 4 is 21.8 Å². The molecule has 1 rings (SSSR count). The predicted octanol–water partition coefficient (Wildman–Crippen LogP) is 0.834. The predicted molar refractivity (Wildman–Crippen MR) is 70.3 cm³/mol. The SMILES string of the molecule is CCNC(=O)NC(=O)C(C)S(=O)(=O)c1cccc(F)c1. The van der Waals surface area contributed by atoms with Crippen molar-refractivity contribution in [2.75, 3.05) is 6.54 Å². The van der Waals surface area contributed by atoms with Crippen molar-refractivity contribution in [2.24, 2.45) is 0 Å². The minimum Gasteiger partial charge on any atom is -0.338 e. The molecule has 0 aliphatic heterocycles. The van der Waals surface area contributed by atoms with Crippen LogP contribution in [0.5, 0.6) is 0 Å². The number of carbonyl (C=O) groups excluding carboxylic acids is 2. The molecule has 1 aromatic carbocycles. The van der Waals surface area contributed by atoms with Crippen LogP contribution in [0.3, 0.4) is 0 Å². The van der Waals surface area contributed by atoms with Gasteiger partial charge in [-0.1, -0.05) is 6.07 Å². The van der Waals surface area contributed by atoms with Gasteiger partial charge in [-0.15, -0.1) is 0 Å². The van der Waals surface area contributed by atoms with Crippen LogP contribution in [0.25, 0.3) is 0 Å². The summed E-state index contributed by atoms with van der Waals surface area (Å²) >= 11 is 0. The van der Waals surface area contributed by atoms with Crippen LogP contribution < -0.4 is 10.6 Å². The van der Waals surface area contributed by atoms with Gasteiger partial charge in [0.15, 0.2) is 9.84 Å². The summed E-state index contributed by atoms with van der Waals surface area (Å²) in [4.78, 5) is 22.6. The van der Waals surface area contributed by atoms with Gasteiger partial charge in [-0.25, -0.2) is 17.6 Å². The summed E-state index contributed by atoms with van der Waals surface area (Å²) in [5.41, 5.74) is 0. The molecule has 1 atom stereocenters. The lowest BCUT2D eigenvalue weighted by molar-refractivity contribution is -0.119. The van der Waals surface area contributed by atoms with Crippen molar-refractivity contribution < 1.29 is 22.4 Å². The quantitative estimate of drug-likeness (QED) is 0.862. The van der Waals surface area contributed by atoms with Crippen LogP contribution >= 0.6 is 0 Å². The molecule has 0 bridgehead atoms. The van der Waals surface area contributed by atoms with Gasteiger partial charge in [0.05, 0.1) is 4.90 Å². The van der Waals surface area contributed by atoms with Gasteiger partial charge in [-0.2, -0.15) is 0 Å². The second kappa shape index (κ2) is 6.47. The van der Waals surface area contributed by atoms with E-state index in [2.05, 4.69) is 5.32 Å². The number of rotatable bonds is 4. The van der Waals surface area contributed by atoms with E-state index in [0.29, 0.717) is 6.54 Å². The van der Waals surface area contributed by atoms with Crippen LogP contribution in [0.1, 0.15) is 13.8 Å². The Labute approximate surface area is 116 Å². The molecule has 1 unspecified atom stereocenters. The lowest BCUT2D eigenvalue weighted by atomic mass is 10.3. The summed E-state index contributed by atoms with van der Waals surface area (Å²) in [6.45, 7) is 3.08. The molecule has 110 valence electrons. The Morgan fingerprint density at radius 2 is 2.00 bits per heavy atom. The highest BCUT2D eigenvalue weighted by Crippen LogP contribution is 2.17. The molecule has 2 N–H and O–H groups in total. The standard InChI is InChI=1S/C12H15FN2O4S/c1-3-14-12(17)15-11(16)8(2)20(18,19)10-6-4-5-9(13)7-10/h4-8H,3H2,1-2H3,(H2,14,15,16,17). The zero-order valence-corrected chi connectivity index (χ0v) is 11.8. The molecular formula is C12H15FN2O4S. The van der Waals surface area contributed by atoms with Crippen LogP contribution in [0, 0.1) is 5.82 Å². The number of urea groups is 1. The first-order valence-electron chi connectivity index (χ1n) is 5.87. The number of hydrogen-bond donors (Lipinski definition) is 2. The molecule has 0 saturated heterocycles. The molecule has 0 radical (unpaired) electrons. The Hall–Kier alpha value is -1.96. The average Bonchev–Trinajstić information content (AvgIpc) is 2.37. The Morgan fingerprint density at radius 1 is 1.35 bits per heavy atom. The number of sulfone groups is 1. The Bertz CT molecular complexity index is 616. The van der Waals surface area contributed by atoms with Crippen LogP contribution in [0.4, 0.5) is 9.18 Å². The van der Waals surface area contributed by atoms with Crippen molar-refractivity contribution in [3.05, 3.63) is 30.1 Å². The summed E-state index contributed by atoms with van der Waals surface area (Å²) < 4.78 is 37.3. The fourth-order valence-corrected chi connectivity index (χ4v) is 2.70. The molecule has 8 heteroatoms. The largest absolute Gasteiger partial charge is 0.338 e. The summed E-state index contributed by atoms with van der Waals surface area (Å²) in [5.74, 6) is -1.69. The first-order chi connectivity index (χ1) is 9.28. The molecular weight excluding hydrogens is 287 g/mol. The van der Waals surface area contributed by atoms with E-state index in [1.807, 2.05) is 5.32 Å². The maximum atomic E-state index is 13.0. The van der Waals surface area contributed by atoms with Gasteiger partial charge in [0.2, 0.25) is 5.91 Å². The van der Waals surface area contributed by atoms with E-state index in [1.54, 1.807) is 6.92 Å². The number of carbonyl (C=O) groups is 2. The smallest absolute Gasteiger partial charge is 0.321 e. The maximum absolute atomic E-state index is 13.0. The van der Waals surface area contributed by atoms with Crippen molar-refractivity contribution in [1.82, 2.24) is 10.6 Å². The van der Waals surface area contributed by atoms with Gasteiger partial charge in [0, 0.05) is 6.54 Å². The number of imide groups is 1. The van der Waals surface area contributed by atoms with Crippen molar-refractivity contribution in [1.29, 1.82) is 0 Å². The molecule has 0 aromatic heterocycles. The molecule has 1 aromatic rings. The van der Waals surface area contributed by atoms with Crippen LogP contribution in [0.2, 0.25) is 0 Å². The third-order valence-electron chi connectivity index (χ3n) is 2.53. The molecule has 0 saturated carbocycles. The number of hydrogen-bond acceptors (Lipinski definition) is 4. The van der Waals surface area contributed by atoms with E-state index in [0.717, 1.165) is 19.1 Å². The number of benzene rings is 1. The zero-order chi connectivity index (χ0) is 15.3. The number of amides is 3. The van der Waals surface area contributed by atoms with Crippen LogP contribution in [-0.4, -0.2) is 32.2 Å². The van der Waals surface area contributed by atoms with Crippen molar-refractivity contribution in [2.45, 2.75) is 24.0 Å². The minimum absolute atomic E-state index is 0.296. The van der Waals surface area contributed by atoms with Crippen molar-refractivity contribution in [3.63, 3.8) is 0 Å². The fraction of sp³-hybridized carbons (Fsp3) is 0.333. The van der Waals surface area contributed by atoms with E-state index >= 15 is 0 Å². The average molecular weight is 302 g/mol. The number of halogens is 1. The molecule has 3 amide bonds. The third kappa shape index (κ3) is 3.77. The highest BCUT2D eigenvalue weighted by atomic mass is 32.2. The van der Waals surface area contributed by atoms with Crippen LogP contribution in [0.15, 0.2) is 29.2 Å². The highest BCUT2D eigenvalue weighted by Gasteiger charge is 2.30. The molecule has 0 heterocycles. The molecule has 0 fully saturated rings. The van der Waals surface area contributed by atoms with Gasteiger partial charge in [-0.3, -0.25) is 10.1 Å². The number of nitrogens with one attached hydrogen (secondary N) is 2. The topological polar surface area (TPSA) is 92.3 Å². The second-order valence-electron chi connectivity index (χ2n) is 3.99. The summed E-state index contributed by atoms with van der Waals surface area (Å²) in [5, 5.41) is 2.71. The highest BCUT2D eigenvalue weighted by molar-refractivity contribution is 7.92. The minimum atomic E-state index is -4.05. The zero-order valence-electron chi connectivity index (χ0n) is 11.0. The van der Waals surface area contributed by atoms with Crippen LogP contribution in [-0.2, 0) is 14.6 Å². The van der Waals surface area contributed by atoms with Gasteiger partial charge in [0.1, 0.15) is 11.1 Å². The lowest BCUT2D eigenvalue weighted by Crippen LogP contribution is -2.45. The van der Waals surface area contributed by atoms with E-state index < -0.39 is 32.8 Å². The second-order valence-corrected chi connectivity index (χ2v) is 6.26.